The van der Waals surface area contributed by atoms with Gasteiger partial charge in [0.05, 0.1) is 11.4 Å². The van der Waals surface area contributed by atoms with Gasteiger partial charge in [0.1, 0.15) is 0 Å². The van der Waals surface area contributed by atoms with E-state index in [1.807, 2.05) is 0 Å². The third kappa shape index (κ3) is 3.49. The quantitative estimate of drug-likeness (QED) is 0.626. The third-order valence-electron chi connectivity index (χ3n) is 2.55. The van der Waals surface area contributed by atoms with Gasteiger partial charge in [-0.05, 0) is 30.3 Å². The van der Waals surface area contributed by atoms with E-state index < -0.39 is 0 Å². The van der Waals surface area contributed by atoms with Crippen molar-refractivity contribution in [2.45, 2.75) is 6.42 Å². The van der Waals surface area contributed by atoms with E-state index in [0.29, 0.717) is 16.1 Å². The molecule has 0 aliphatic rings. The molecule has 0 saturated heterocycles. The van der Waals surface area contributed by atoms with Crippen LogP contribution in [0.1, 0.15) is 27.1 Å². The summed E-state index contributed by atoms with van der Waals surface area (Å²) in [5, 5.41) is 0.335. The fraction of sp³-hybridized carbons (Fsp3) is 0.0714. The Morgan fingerprint density at radius 1 is 1.11 bits per heavy atom. The molecule has 0 fully saturated rings. The first-order valence-corrected chi connectivity index (χ1v) is 6.66. The maximum atomic E-state index is 12.0. The van der Waals surface area contributed by atoms with E-state index in [0.717, 1.165) is 4.47 Å². The standard InChI is InChI=1S/C14H9BrClNO2/c15-10-1-2-11(12(16)7-10)14(19)8-13(18)9-3-5-17-6-4-9/h1-7H,8H2. The van der Waals surface area contributed by atoms with Gasteiger partial charge < -0.3 is 0 Å². The van der Waals surface area contributed by atoms with E-state index in [2.05, 4.69) is 20.9 Å². The predicted octanol–water partition coefficient (Wildman–Crippen LogP) is 3.95. The molecule has 0 N–H and O–H groups in total. The van der Waals surface area contributed by atoms with E-state index in [1.54, 1.807) is 30.3 Å². The number of rotatable bonds is 4. The monoisotopic (exact) mass is 337 g/mol. The Morgan fingerprint density at radius 3 is 2.42 bits per heavy atom. The molecule has 2 rings (SSSR count). The number of ketones is 2. The van der Waals surface area contributed by atoms with Gasteiger partial charge in [-0.25, -0.2) is 0 Å². The van der Waals surface area contributed by atoms with Crippen molar-refractivity contribution in [1.29, 1.82) is 0 Å². The number of carbonyl (C=O) groups is 2. The molecule has 0 spiro atoms. The summed E-state index contributed by atoms with van der Waals surface area (Å²) >= 11 is 9.25. The van der Waals surface area contributed by atoms with Crippen molar-refractivity contribution in [3.63, 3.8) is 0 Å². The number of aromatic nitrogens is 1. The molecule has 0 saturated carbocycles. The highest BCUT2D eigenvalue weighted by Crippen LogP contribution is 2.23. The molecule has 0 aliphatic carbocycles. The van der Waals surface area contributed by atoms with Crippen molar-refractivity contribution in [3.05, 3.63) is 63.3 Å². The highest BCUT2D eigenvalue weighted by Gasteiger charge is 2.16. The molecule has 3 nitrogen and oxygen atoms in total. The summed E-state index contributed by atoms with van der Waals surface area (Å²) < 4.78 is 0.787. The Hall–Kier alpha value is -1.52. The molecule has 1 heterocycles. The largest absolute Gasteiger partial charge is 0.294 e. The predicted molar refractivity (Wildman–Crippen MR) is 76.7 cm³/mol. The minimum Gasteiger partial charge on any atom is -0.294 e. The van der Waals surface area contributed by atoms with Crippen LogP contribution in [0.15, 0.2) is 47.2 Å². The van der Waals surface area contributed by atoms with Crippen molar-refractivity contribution < 1.29 is 9.59 Å². The molecule has 96 valence electrons. The van der Waals surface area contributed by atoms with Crippen LogP contribution < -0.4 is 0 Å². The van der Waals surface area contributed by atoms with Crippen LogP contribution in [-0.2, 0) is 0 Å². The van der Waals surface area contributed by atoms with Gasteiger partial charge in [-0.15, -0.1) is 0 Å². The average molecular weight is 339 g/mol. The molecule has 1 aromatic heterocycles. The second-order valence-corrected chi connectivity index (χ2v) is 5.21. The maximum absolute atomic E-state index is 12.0. The molecule has 0 radical (unpaired) electrons. The molecule has 0 bridgehead atoms. The first kappa shape index (κ1) is 13.9. The van der Waals surface area contributed by atoms with E-state index in [9.17, 15) is 9.59 Å². The number of hydrogen-bond donors (Lipinski definition) is 0. The lowest BCUT2D eigenvalue weighted by atomic mass is 10.0. The maximum Gasteiger partial charge on any atom is 0.172 e. The Kier molecular flexibility index (Phi) is 4.45. The number of pyridine rings is 1. The van der Waals surface area contributed by atoms with Crippen LogP contribution in [0, 0.1) is 0 Å². The number of hydrogen-bond acceptors (Lipinski definition) is 3. The average Bonchev–Trinajstić information content (AvgIpc) is 2.39. The Balaban J connectivity index is 2.15. The first-order valence-electron chi connectivity index (χ1n) is 5.49. The van der Waals surface area contributed by atoms with Crippen molar-refractivity contribution in [3.8, 4) is 0 Å². The highest BCUT2D eigenvalue weighted by atomic mass is 79.9. The molecular weight excluding hydrogens is 330 g/mol. The summed E-state index contributed by atoms with van der Waals surface area (Å²) in [5.41, 5.74) is 0.823. The number of carbonyl (C=O) groups excluding carboxylic acids is 2. The molecule has 0 aliphatic heterocycles. The van der Waals surface area contributed by atoms with Gasteiger partial charge in [0.2, 0.25) is 0 Å². The molecule has 1 aromatic carbocycles. The first-order chi connectivity index (χ1) is 9.08. The van der Waals surface area contributed by atoms with E-state index in [4.69, 9.17) is 11.6 Å². The summed E-state index contributed by atoms with van der Waals surface area (Å²) in [6, 6.07) is 8.12. The zero-order valence-corrected chi connectivity index (χ0v) is 12.1. The van der Waals surface area contributed by atoms with Gasteiger partial charge >= 0.3 is 0 Å². The minimum absolute atomic E-state index is 0.203. The lowest BCUT2D eigenvalue weighted by Crippen LogP contribution is -2.09. The fourth-order valence-electron chi connectivity index (χ4n) is 1.60. The third-order valence-corrected chi connectivity index (χ3v) is 3.36. The van der Waals surface area contributed by atoms with Crippen molar-refractivity contribution in [1.82, 2.24) is 4.98 Å². The smallest absolute Gasteiger partial charge is 0.172 e. The van der Waals surface area contributed by atoms with Crippen molar-refractivity contribution >= 4 is 39.1 Å². The van der Waals surface area contributed by atoms with Crippen LogP contribution in [0.5, 0.6) is 0 Å². The number of Topliss-reactive ketones (excluding diaryl/α,β-unsaturated/α-hetero) is 2. The number of halogens is 2. The molecule has 5 heteroatoms. The summed E-state index contributed by atoms with van der Waals surface area (Å²) in [6.07, 6.45) is 2.83. The van der Waals surface area contributed by atoms with Crippen LogP contribution >= 0.6 is 27.5 Å². The van der Waals surface area contributed by atoms with Crippen LogP contribution in [0.3, 0.4) is 0 Å². The van der Waals surface area contributed by atoms with Crippen LogP contribution in [0.4, 0.5) is 0 Å². The lowest BCUT2D eigenvalue weighted by Gasteiger charge is -2.04. The minimum atomic E-state index is -0.292. The van der Waals surface area contributed by atoms with Gasteiger partial charge in [0.25, 0.3) is 0 Å². The normalized spacial score (nSPS) is 10.2. The SMILES string of the molecule is O=C(CC(=O)c1ccc(Br)cc1Cl)c1ccncc1. The molecule has 19 heavy (non-hydrogen) atoms. The van der Waals surface area contributed by atoms with Crippen molar-refractivity contribution in [2.75, 3.05) is 0 Å². The second kappa shape index (κ2) is 6.08. The van der Waals surface area contributed by atoms with Gasteiger partial charge in [-0.2, -0.15) is 0 Å². The van der Waals surface area contributed by atoms with E-state index in [1.165, 1.54) is 12.4 Å². The van der Waals surface area contributed by atoms with Crippen LogP contribution in [0.2, 0.25) is 5.02 Å². The van der Waals surface area contributed by atoms with Crippen LogP contribution in [0.25, 0.3) is 0 Å². The zero-order chi connectivity index (χ0) is 13.8. The summed E-state index contributed by atoms with van der Waals surface area (Å²) in [6.45, 7) is 0. The topological polar surface area (TPSA) is 47.0 Å². The summed E-state index contributed by atoms with van der Waals surface area (Å²) in [7, 11) is 0. The molecule has 0 atom stereocenters. The number of nitrogens with zero attached hydrogens (tertiary/aromatic N) is 1. The van der Waals surface area contributed by atoms with Gasteiger partial charge in [0, 0.05) is 28.0 Å². The highest BCUT2D eigenvalue weighted by molar-refractivity contribution is 9.10. The van der Waals surface area contributed by atoms with Crippen molar-refractivity contribution in [2.24, 2.45) is 0 Å². The van der Waals surface area contributed by atoms with Gasteiger partial charge in [0.15, 0.2) is 11.6 Å². The summed E-state index contributed by atoms with van der Waals surface area (Å²) in [5.74, 6) is -0.536. The second-order valence-electron chi connectivity index (χ2n) is 3.88. The molecule has 0 unspecified atom stereocenters. The lowest BCUT2D eigenvalue weighted by molar-refractivity contribution is 0.0894. The summed E-state index contributed by atoms with van der Waals surface area (Å²) in [4.78, 5) is 27.8. The Labute approximate surface area is 123 Å². The van der Waals surface area contributed by atoms with E-state index >= 15 is 0 Å². The fourth-order valence-corrected chi connectivity index (χ4v) is 2.38. The zero-order valence-electron chi connectivity index (χ0n) is 9.77. The molecule has 0 amide bonds. The Morgan fingerprint density at radius 2 is 1.79 bits per heavy atom. The molecule has 2 aromatic rings. The Bertz CT molecular complexity index is 629. The molecular formula is C14H9BrClNO2. The van der Waals surface area contributed by atoms with E-state index in [-0.39, 0.29) is 18.0 Å². The number of benzene rings is 1. The van der Waals surface area contributed by atoms with Gasteiger partial charge in [-0.1, -0.05) is 27.5 Å². The van der Waals surface area contributed by atoms with Gasteiger partial charge in [-0.3, -0.25) is 14.6 Å². The van der Waals surface area contributed by atoms with Crippen LogP contribution in [-0.4, -0.2) is 16.6 Å².